The highest BCUT2D eigenvalue weighted by Crippen LogP contribution is 2.14. The highest BCUT2D eigenvalue weighted by molar-refractivity contribution is 5.84. The number of ether oxygens (including phenoxy) is 1. The number of carbonyl (C=O) groups is 1. The van der Waals surface area contributed by atoms with E-state index >= 15 is 0 Å². The van der Waals surface area contributed by atoms with Gasteiger partial charge >= 0.3 is 6.09 Å². The van der Waals surface area contributed by atoms with Crippen LogP contribution in [0.15, 0.2) is 18.2 Å². The molecule has 0 saturated carbocycles. The van der Waals surface area contributed by atoms with Crippen LogP contribution in [0.4, 0.5) is 19.3 Å². The number of hydrogen-bond donors (Lipinski definition) is 1. The van der Waals surface area contributed by atoms with Crippen LogP contribution >= 0.6 is 0 Å². The number of halogens is 2. The highest BCUT2D eigenvalue weighted by atomic mass is 19.2. The second kappa shape index (κ2) is 4.47. The van der Waals surface area contributed by atoms with E-state index in [2.05, 4.69) is 5.32 Å². The van der Waals surface area contributed by atoms with E-state index in [0.717, 1.165) is 12.1 Å². The molecule has 1 aromatic rings. The molecule has 0 bridgehead atoms. The van der Waals surface area contributed by atoms with Crippen molar-refractivity contribution >= 4 is 11.8 Å². The predicted octanol–water partition coefficient (Wildman–Crippen LogP) is 3.31. The van der Waals surface area contributed by atoms with Gasteiger partial charge in [0, 0.05) is 11.7 Å². The lowest BCUT2D eigenvalue weighted by Gasteiger charge is -2.19. The standard InChI is InChI=1S/C11H13F2NO2/c1-11(2,3)16-10(15)14-7-4-5-8(12)9(13)6-7/h4-6H,1-3H3,(H,14,15)/i6D. The van der Waals surface area contributed by atoms with Gasteiger partial charge in [-0.2, -0.15) is 0 Å². The zero-order valence-corrected chi connectivity index (χ0v) is 9.23. The molecular weight excluding hydrogens is 216 g/mol. The summed E-state index contributed by atoms with van der Waals surface area (Å²) in [4.78, 5) is 11.3. The monoisotopic (exact) mass is 230 g/mol. The Balaban J connectivity index is 2.83. The third kappa shape index (κ3) is 3.84. The topological polar surface area (TPSA) is 38.3 Å². The van der Waals surface area contributed by atoms with Crippen molar-refractivity contribution < 1.29 is 19.7 Å². The first kappa shape index (κ1) is 10.9. The summed E-state index contributed by atoms with van der Waals surface area (Å²) in [6.07, 6.45) is -0.822. The Morgan fingerprint density at radius 1 is 1.38 bits per heavy atom. The molecule has 0 atom stereocenters. The summed E-state index contributed by atoms with van der Waals surface area (Å²) in [6, 6.07) is 1.22. The van der Waals surface area contributed by atoms with Gasteiger partial charge in [0.2, 0.25) is 0 Å². The number of hydrogen-bond acceptors (Lipinski definition) is 2. The maximum absolute atomic E-state index is 13.0. The van der Waals surface area contributed by atoms with Crippen molar-refractivity contribution in [1.29, 1.82) is 0 Å². The van der Waals surface area contributed by atoms with Gasteiger partial charge in [-0.1, -0.05) is 0 Å². The molecule has 1 N–H and O–H groups in total. The Hall–Kier alpha value is -1.65. The van der Waals surface area contributed by atoms with E-state index in [1.165, 1.54) is 0 Å². The Labute approximate surface area is 93.8 Å². The minimum Gasteiger partial charge on any atom is -0.444 e. The molecule has 0 fully saturated rings. The van der Waals surface area contributed by atoms with Crippen molar-refractivity contribution in [2.24, 2.45) is 0 Å². The van der Waals surface area contributed by atoms with Crippen molar-refractivity contribution in [3.05, 3.63) is 29.8 Å². The van der Waals surface area contributed by atoms with Gasteiger partial charge in [-0.05, 0) is 32.9 Å². The van der Waals surface area contributed by atoms with Crippen LogP contribution in [-0.2, 0) is 4.74 Å². The fourth-order valence-corrected chi connectivity index (χ4v) is 0.936. The third-order valence-electron chi connectivity index (χ3n) is 1.49. The molecule has 0 aliphatic heterocycles. The molecular formula is C11H13F2NO2. The second-order valence-corrected chi connectivity index (χ2v) is 4.16. The van der Waals surface area contributed by atoms with Crippen LogP contribution in [0.5, 0.6) is 0 Å². The minimum absolute atomic E-state index is 0.141. The van der Waals surface area contributed by atoms with Crippen molar-refractivity contribution in [2.45, 2.75) is 26.4 Å². The number of anilines is 1. The predicted molar refractivity (Wildman–Crippen MR) is 56.2 cm³/mol. The number of rotatable bonds is 1. The van der Waals surface area contributed by atoms with Crippen LogP contribution in [0.2, 0.25) is 0 Å². The van der Waals surface area contributed by atoms with Gasteiger partial charge in [0.15, 0.2) is 11.6 Å². The van der Waals surface area contributed by atoms with E-state index in [1.54, 1.807) is 20.8 Å². The van der Waals surface area contributed by atoms with Crippen LogP contribution < -0.4 is 5.32 Å². The molecule has 88 valence electrons. The first-order valence-electron chi connectivity index (χ1n) is 5.15. The summed E-state index contributed by atoms with van der Waals surface area (Å²) in [5, 5.41) is 2.18. The maximum Gasteiger partial charge on any atom is 0.412 e. The van der Waals surface area contributed by atoms with Crippen LogP contribution in [-0.4, -0.2) is 11.7 Å². The molecule has 0 aromatic heterocycles. The zero-order chi connectivity index (χ0) is 13.2. The van der Waals surface area contributed by atoms with Crippen molar-refractivity contribution in [1.82, 2.24) is 0 Å². The van der Waals surface area contributed by atoms with Gasteiger partial charge < -0.3 is 4.74 Å². The Morgan fingerprint density at radius 2 is 2.00 bits per heavy atom. The van der Waals surface area contributed by atoms with E-state index in [0.29, 0.717) is 0 Å². The molecule has 5 heteroatoms. The lowest BCUT2D eigenvalue weighted by atomic mass is 10.2. The van der Waals surface area contributed by atoms with Crippen LogP contribution in [0.1, 0.15) is 22.1 Å². The molecule has 0 unspecified atom stereocenters. The molecule has 3 nitrogen and oxygen atoms in total. The molecule has 0 aliphatic carbocycles. The summed E-state index contributed by atoms with van der Waals surface area (Å²) in [6.45, 7) is 5.00. The first-order chi connectivity index (χ1) is 7.70. The molecule has 1 rings (SSSR count). The van der Waals surface area contributed by atoms with Gasteiger partial charge in [0.25, 0.3) is 0 Å². The van der Waals surface area contributed by atoms with E-state index in [1.807, 2.05) is 0 Å². The van der Waals surface area contributed by atoms with Crippen LogP contribution in [0, 0.1) is 11.6 Å². The van der Waals surface area contributed by atoms with Crippen molar-refractivity contribution in [2.75, 3.05) is 5.32 Å². The van der Waals surface area contributed by atoms with E-state index in [9.17, 15) is 13.6 Å². The molecule has 0 aliphatic rings. The summed E-state index contributed by atoms with van der Waals surface area (Å²) in [5.41, 5.74) is -0.844. The summed E-state index contributed by atoms with van der Waals surface area (Å²) in [5.74, 6) is -2.44. The fraction of sp³-hybridized carbons (Fsp3) is 0.364. The van der Waals surface area contributed by atoms with Gasteiger partial charge in [-0.3, -0.25) is 5.32 Å². The second-order valence-electron chi connectivity index (χ2n) is 4.16. The largest absolute Gasteiger partial charge is 0.444 e. The zero-order valence-electron chi connectivity index (χ0n) is 10.2. The summed E-state index contributed by atoms with van der Waals surface area (Å²) in [7, 11) is 0. The number of carbonyl (C=O) groups excluding carboxylic acids is 1. The van der Waals surface area contributed by atoms with Gasteiger partial charge in [0.05, 0.1) is 1.37 Å². The molecule has 1 aromatic carbocycles. The Bertz CT molecular complexity index is 444. The fourth-order valence-electron chi connectivity index (χ4n) is 0.936. The summed E-state index contributed by atoms with van der Waals surface area (Å²) >= 11 is 0. The lowest BCUT2D eigenvalue weighted by molar-refractivity contribution is 0.0636. The van der Waals surface area contributed by atoms with Gasteiger partial charge in [-0.15, -0.1) is 0 Å². The van der Waals surface area contributed by atoms with Gasteiger partial charge in [-0.25, -0.2) is 13.6 Å². The smallest absolute Gasteiger partial charge is 0.412 e. The molecule has 0 radical (unpaired) electrons. The minimum atomic E-state index is -1.31. The molecule has 0 heterocycles. The van der Waals surface area contributed by atoms with E-state index in [-0.39, 0.29) is 5.69 Å². The van der Waals surface area contributed by atoms with Crippen LogP contribution in [0.25, 0.3) is 0 Å². The average Bonchev–Trinajstić information content (AvgIpc) is 2.16. The third-order valence-corrected chi connectivity index (χ3v) is 1.49. The van der Waals surface area contributed by atoms with Gasteiger partial charge in [0.1, 0.15) is 5.60 Å². The first-order valence-corrected chi connectivity index (χ1v) is 4.65. The number of nitrogens with one attached hydrogen (secondary N) is 1. The van der Waals surface area contributed by atoms with Crippen molar-refractivity contribution in [3.63, 3.8) is 0 Å². The molecule has 1 amide bonds. The quantitative estimate of drug-likeness (QED) is 0.803. The molecule has 16 heavy (non-hydrogen) atoms. The SMILES string of the molecule is [2H]c1c(NC(=O)OC(C)(C)C)ccc(F)c1F. The Morgan fingerprint density at radius 3 is 2.56 bits per heavy atom. The lowest BCUT2D eigenvalue weighted by Crippen LogP contribution is -2.27. The van der Waals surface area contributed by atoms with E-state index < -0.39 is 29.4 Å². The summed E-state index contributed by atoms with van der Waals surface area (Å²) < 4.78 is 37.9. The number of benzene rings is 1. The molecule has 0 spiro atoms. The normalized spacial score (nSPS) is 11.9. The molecule has 0 saturated heterocycles. The van der Waals surface area contributed by atoms with Crippen molar-refractivity contribution in [3.8, 4) is 0 Å². The highest BCUT2D eigenvalue weighted by Gasteiger charge is 2.16. The Kier molecular flexibility index (Phi) is 3.03. The van der Waals surface area contributed by atoms with Crippen LogP contribution in [0.3, 0.4) is 0 Å². The van der Waals surface area contributed by atoms with E-state index in [4.69, 9.17) is 6.11 Å². The average molecular weight is 230 g/mol. The maximum atomic E-state index is 13.0. The number of amides is 1.